The van der Waals surface area contributed by atoms with Crippen molar-refractivity contribution in [2.45, 2.75) is 25.5 Å². The van der Waals surface area contributed by atoms with Crippen LogP contribution in [0.2, 0.25) is 0 Å². The zero-order chi connectivity index (χ0) is 13.8. The fourth-order valence-corrected chi connectivity index (χ4v) is 2.78. The zero-order valence-electron chi connectivity index (χ0n) is 10.5. The molecule has 0 aromatic heterocycles. The van der Waals surface area contributed by atoms with E-state index in [1.807, 2.05) is 0 Å². The van der Waals surface area contributed by atoms with E-state index in [-0.39, 0.29) is 5.75 Å². The van der Waals surface area contributed by atoms with Gasteiger partial charge in [-0.1, -0.05) is 19.1 Å². The molecule has 0 aliphatic heterocycles. The summed E-state index contributed by atoms with van der Waals surface area (Å²) in [5.41, 5.74) is 6.51. The predicted octanol–water partition coefficient (Wildman–Crippen LogP) is 1.42. The summed E-state index contributed by atoms with van der Waals surface area (Å²) in [4.78, 5) is 11.8. The summed E-state index contributed by atoms with van der Waals surface area (Å²) in [6.45, 7) is 3.15. The van der Waals surface area contributed by atoms with Gasteiger partial charge in [0.15, 0.2) is 9.84 Å². The predicted molar refractivity (Wildman–Crippen MR) is 73.0 cm³/mol. The second-order valence-corrected chi connectivity index (χ2v) is 6.53. The highest BCUT2D eigenvalue weighted by Crippen LogP contribution is 2.18. The summed E-state index contributed by atoms with van der Waals surface area (Å²) >= 11 is 0. The normalized spacial score (nSPS) is 13.0. The molecule has 1 atom stereocenters. The minimum absolute atomic E-state index is 0.00581. The molecule has 1 amide bonds. The average molecular weight is 270 g/mol. The Balaban J connectivity index is 2.81. The van der Waals surface area contributed by atoms with Crippen LogP contribution in [0.25, 0.3) is 0 Å². The van der Waals surface area contributed by atoms with Crippen molar-refractivity contribution in [1.29, 1.82) is 0 Å². The van der Waals surface area contributed by atoms with Gasteiger partial charge in [-0.15, -0.1) is 0 Å². The first-order chi connectivity index (χ1) is 8.38. The summed E-state index contributed by atoms with van der Waals surface area (Å²) in [5.74, 6) is -0.548. The smallest absolute Gasteiger partial charge is 0.242 e. The number of anilines is 2. The van der Waals surface area contributed by atoms with Crippen molar-refractivity contribution in [2.75, 3.05) is 16.8 Å². The Morgan fingerprint density at radius 1 is 1.39 bits per heavy atom. The molecule has 18 heavy (non-hydrogen) atoms. The Labute approximate surface area is 107 Å². The third-order valence-electron chi connectivity index (χ3n) is 2.62. The highest BCUT2D eigenvalue weighted by molar-refractivity contribution is 7.92. The molecule has 1 aromatic carbocycles. The molecule has 0 saturated carbocycles. The molecule has 5 nitrogen and oxygen atoms in total. The fourth-order valence-electron chi connectivity index (χ4n) is 1.47. The number of sulfone groups is 1. The number of amides is 1. The topological polar surface area (TPSA) is 89.3 Å². The van der Waals surface area contributed by atoms with Crippen LogP contribution in [-0.4, -0.2) is 25.3 Å². The third-order valence-corrected chi connectivity index (χ3v) is 4.88. The van der Waals surface area contributed by atoms with Crippen molar-refractivity contribution in [3.8, 4) is 0 Å². The first-order valence-corrected chi connectivity index (χ1v) is 7.47. The number of benzene rings is 1. The highest BCUT2D eigenvalue weighted by atomic mass is 32.2. The van der Waals surface area contributed by atoms with Crippen LogP contribution in [0, 0.1) is 0 Å². The van der Waals surface area contributed by atoms with Crippen LogP contribution < -0.4 is 11.1 Å². The van der Waals surface area contributed by atoms with E-state index in [9.17, 15) is 13.2 Å². The lowest BCUT2D eigenvalue weighted by molar-refractivity contribution is -0.115. The quantitative estimate of drug-likeness (QED) is 0.792. The monoisotopic (exact) mass is 270 g/mol. The number of hydrogen-bond donors (Lipinski definition) is 2. The van der Waals surface area contributed by atoms with Gasteiger partial charge in [-0.2, -0.15) is 0 Å². The number of carbonyl (C=O) groups is 1. The van der Waals surface area contributed by atoms with E-state index in [0.29, 0.717) is 17.8 Å². The Morgan fingerprint density at radius 2 is 2.00 bits per heavy atom. The van der Waals surface area contributed by atoms with Crippen LogP contribution in [0.15, 0.2) is 24.3 Å². The molecule has 0 saturated heterocycles. The number of hydrogen-bond acceptors (Lipinski definition) is 4. The molecule has 0 aliphatic carbocycles. The van der Waals surface area contributed by atoms with Gasteiger partial charge in [0.05, 0.1) is 17.1 Å². The van der Waals surface area contributed by atoms with Crippen LogP contribution in [0.4, 0.5) is 11.4 Å². The van der Waals surface area contributed by atoms with Crippen molar-refractivity contribution in [3.63, 3.8) is 0 Å². The maximum absolute atomic E-state index is 11.8. The molecule has 0 fully saturated rings. The minimum atomic E-state index is -3.40. The second-order valence-electron chi connectivity index (χ2n) is 4.09. The Bertz CT molecular complexity index is 526. The van der Waals surface area contributed by atoms with Gasteiger partial charge in [-0.3, -0.25) is 4.79 Å². The Kier molecular flexibility index (Phi) is 4.72. The first-order valence-electron chi connectivity index (χ1n) is 5.75. The van der Waals surface area contributed by atoms with E-state index in [1.165, 1.54) is 6.92 Å². The fraction of sp³-hybridized carbons (Fsp3) is 0.417. The van der Waals surface area contributed by atoms with Crippen molar-refractivity contribution in [2.24, 2.45) is 0 Å². The molecular formula is C12H18N2O3S. The number of carbonyl (C=O) groups excluding carboxylic acids is 1. The molecule has 100 valence electrons. The first kappa shape index (κ1) is 14.5. The van der Waals surface area contributed by atoms with E-state index in [0.717, 1.165) is 0 Å². The van der Waals surface area contributed by atoms with Crippen molar-refractivity contribution < 1.29 is 13.2 Å². The van der Waals surface area contributed by atoms with Crippen molar-refractivity contribution in [3.05, 3.63) is 24.3 Å². The summed E-state index contributed by atoms with van der Waals surface area (Å²) in [5, 5.41) is 1.46. The van der Waals surface area contributed by atoms with E-state index >= 15 is 0 Å². The van der Waals surface area contributed by atoms with Gasteiger partial charge < -0.3 is 11.1 Å². The standard InChI is InChI=1S/C12H18N2O3S/c1-3-8-18(16,17)9(2)12(15)14-11-7-5-4-6-10(11)13/h4-7,9H,3,8,13H2,1-2H3,(H,14,15). The molecule has 0 radical (unpaired) electrons. The molecule has 1 unspecified atom stereocenters. The van der Waals surface area contributed by atoms with Gasteiger partial charge in [0, 0.05) is 0 Å². The van der Waals surface area contributed by atoms with Crippen LogP contribution in [0.5, 0.6) is 0 Å². The SMILES string of the molecule is CCCS(=O)(=O)C(C)C(=O)Nc1ccccc1N. The average Bonchev–Trinajstić information content (AvgIpc) is 2.31. The minimum Gasteiger partial charge on any atom is -0.397 e. The summed E-state index contributed by atoms with van der Waals surface area (Å²) < 4.78 is 23.5. The summed E-state index contributed by atoms with van der Waals surface area (Å²) in [7, 11) is -3.40. The van der Waals surface area contributed by atoms with E-state index in [4.69, 9.17) is 5.73 Å². The number of nitrogens with two attached hydrogens (primary N) is 1. The lowest BCUT2D eigenvalue weighted by Crippen LogP contribution is -2.34. The molecule has 0 aliphatic rings. The largest absolute Gasteiger partial charge is 0.397 e. The molecule has 0 bridgehead atoms. The Hall–Kier alpha value is -1.56. The van der Waals surface area contributed by atoms with Gasteiger partial charge >= 0.3 is 0 Å². The van der Waals surface area contributed by atoms with Gasteiger partial charge in [-0.25, -0.2) is 8.42 Å². The number of nitrogens with one attached hydrogen (secondary N) is 1. The van der Waals surface area contributed by atoms with E-state index in [2.05, 4.69) is 5.32 Å². The molecule has 1 rings (SSSR count). The van der Waals surface area contributed by atoms with Crippen LogP contribution >= 0.6 is 0 Å². The van der Waals surface area contributed by atoms with Crippen LogP contribution in [0.3, 0.4) is 0 Å². The number of para-hydroxylation sites is 2. The lowest BCUT2D eigenvalue weighted by atomic mass is 10.2. The van der Waals surface area contributed by atoms with Gasteiger partial charge in [0.25, 0.3) is 0 Å². The van der Waals surface area contributed by atoms with E-state index in [1.54, 1.807) is 31.2 Å². The molecule has 0 heterocycles. The highest BCUT2D eigenvalue weighted by Gasteiger charge is 2.27. The summed E-state index contributed by atoms with van der Waals surface area (Å²) in [6.07, 6.45) is 0.493. The van der Waals surface area contributed by atoms with E-state index < -0.39 is 21.0 Å². The van der Waals surface area contributed by atoms with Gasteiger partial charge in [0.1, 0.15) is 5.25 Å². The van der Waals surface area contributed by atoms with Crippen molar-refractivity contribution in [1.82, 2.24) is 0 Å². The zero-order valence-corrected chi connectivity index (χ0v) is 11.3. The van der Waals surface area contributed by atoms with Gasteiger partial charge in [-0.05, 0) is 25.5 Å². The maximum atomic E-state index is 11.8. The lowest BCUT2D eigenvalue weighted by Gasteiger charge is -2.13. The maximum Gasteiger partial charge on any atom is 0.242 e. The summed E-state index contributed by atoms with van der Waals surface area (Å²) in [6, 6.07) is 6.73. The molecule has 1 aromatic rings. The molecule has 0 spiro atoms. The molecule has 3 N–H and O–H groups in total. The van der Waals surface area contributed by atoms with Crippen LogP contribution in [-0.2, 0) is 14.6 Å². The van der Waals surface area contributed by atoms with Crippen LogP contribution in [0.1, 0.15) is 20.3 Å². The number of nitrogen functional groups attached to an aromatic ring is 1. The molecule has 6 heteroatoms. The third kappa shape index (κ3) is 3.46. The Morgan fingerprint density at radius 3 is 2.56 bits per heavy atom. The molecular weight excluding hydrogens is 252 g/mol. The number of rotatable bonds is 5. The van der Waals surface area contributed by atoms with Crippen molar-refractivity contribution >= 4 is 27.1 Å². The second kappa shape index (κ2) is 5.86. The van der Waals surface area contributed by atoms with Gasteiger partial charge in [0.2, 0.25) is 5.91 Å².